The second-order valence-electron chi connectivity index (χ2n) is 8.02. The number of rotatable bonds is 5. The van der Waals surface area contributed by atoms with Crippen molar-refractivity contribution in [3.05, 3.63) is 65.9 Å². The Hall–Kier alpha value is -4.47. The van der Waals surface area contributed by atoms with Crippen molar-refractivity contribution < 1.29 is 18.1 Å². The molecular weight excluding hydrogens is 454 g/mol. The number of hydrogen-bond donors (Lipinski definition) is 2. The van der Waals surface area contributed by atoms with E-state index < -0.39 is 6.43 Å². The van der Waals surface area contributed by atoms with Gasteiger partial charge in [-0.25, -0.2) is 18.7 Å². The summed E-state index contributed by atoms with van der Waals surface area (Å²) >= 11 is 0. The minimum absolute atomic E-state index is 0.264. The summed E-state index contributed by atoms with van der Waals surface area (Å²) in [6.45, 7) is 5.06. The number of carbonyl (C=O) groups excluding carboxylic acids is 1. The van der Waals surface area contributed by atoms with Crippen LogP contribution in [0.4, 0.5) is 14.6 Å². The predicted octanol–water partition coefficient (Wildman–Crippen LogP) is 5.85. The van der Waals surface area contributed by atoms with Gasteiger partial charge in [-0.2, -0.15) is 0 Å². The van der Waals surface area contributed by atoms with E-state index >= 15 is 0 Å². The van der Waals surface area contributed by atoms with Crippen molar-refractivity contribution >= 4 is 22.8 Å². The van der Waals surface area contributed by atoms with E-state index in [1.165, 1.54) is 13.0 Å². The largest absolute Gasteiger partial charge is 0.361 e. The first-order valence-corrected chi connectivity index (χ1v) is 10.8. The number of carbonyl (C=O) groups is 1. The van der Waals surface area contributed by atoms with Crippen LogP contribution in [0.1, 0.15) is 30.5 Å². The lowest BCUT2D eigenvalue weighted by Crippen LogP contribution is -2.07. The molecule has 5 aromatic heterocycles. The Balaban J connectivity index is 1.82. The van der Waals surface area contributed by atoms with Crippen LogP contribution in [0.25, 0.3) is 44.7 Å². The van der Waals surface area contributed by atoms with Gasteiger partial charge < -0.3 is 14.8 Å². The zero-order chi connectivity index (χ0) is 24.7. The molecule has 10 heteroatoms. The first kappa shape index (κ1) is 22.3. The van der Waals surface area contributed by atoms with E-state index in [1.807, 2.05) is 19.9 Å². The third-order valence-corrected chi connectivity index (χ3v) is 5.59. The Bertz CT molecular complexity index is 1550. The highest BCUT2D eigenvalue weighted by molar-refractivity contribution is 6.06. The number of pyridine rings is 3. The van der Waals surface area contributed by atoms with Gasteiger partial charge in [0.15, 0.2) is 0 Å². The number of aromatic nitrogens is 5. The van der Waals surface area contributed by atoms with Crippen LogP contribution >= 0.6 is 0 Å². The second kappa shape index (κ2) is 8.71. The molecule has 0 saturated carbocycles. The Morgan fingerprint density at radius 2 is 1.89 bits per heavy atom. The number of amides is 1. The van der Waals surface area contributed by atoms with Crippen LogP contribution in [-0.2, 0) is 4.79 Å². The molecule has 0 bridgehead atoms. The smallest absolute Gasteiger partial charge is 0.280 e. The van der Waals surface area contributed by atoms with Crippen LogP contribution < -0.4 is 5.32 Å². The van der Waals surface area contributed by atoms with Crippen LogP contribution in [0.15, 0.2) is 53.3 Å². The van der Waals surface area contributed by atoms with Crippen molar-refractivity contribution in [2.24, 2.45) is 0 Å². The van der Waals surface area contributed by atoms with E-state index in [0.717, 1.165) is 11.1 Å². The van der Waals surface area contributed by atoms with Gasteiger partial charge in [0.1, 0.15) is 17.3 Å². The highest BCUT2D eigenvalue weighted by Gasteiger charge is 2.23. The molecule has 0 spiro atoms. The van der Waals surface area contributed by atoms with Gasteiger partial charge in [-0.05, 0) is 44.2 Å². The van der Waals surface area contributed by atoms with Gasteiger partial charge in [0.25, 0.3) is 6.43 Å². The average Bonchev–Trinajstić information content (AvgIpc) is 3.38. The number of hydrogen-bond acceptors (Lipinski definition) is 6. The standard InChI is InChI=1S/C25H20F2N6O2/c1-12-20(13(2)35-33-12)16-8-10-29-24-21(17-5-4-6-18(31-17)25(26)27)22(32-23(16)24)15-7-9-28-19(11-15)30-14(3)34/h4-11,25,32H,1-3H3,(H,28,30,34). The summed E-state index contributed by atoms with van der Waals surface area (Å²) in [6, 6.07) is 9.79. The minimum Gasteiger partial charge on any atom is -0.361 e. The molecule has 176 valence electrons. The molecule has 0 radical (unpaired) electrons. The molecular formula is C25H20F2N6O2. The number of nitrogens with one attached hydrogen (secondary N) is 2. The lowest BCUT2D eigenvalue weighted by molar-refractivity contribution is -0.114. The molecule has 0 aliphatic rings. The summed E-state index contributed by atoms with van der Waals surface area (Å²) in [5.74, 6) is 0.732. The van der Waals surface area contributed by atoms with E-state index in [4.69, 9.17) is 4.52 Å². The number of nitrogens with zero attached hydrogens (tertiary/aromatic N) is 4. The van der Waals surface area contributed by atoms with Gasteiger partial charge in [0.05, 0.1) is 33.7 Å². The molecule has 5 heterocycles. The van der Waals surface area contributed by atoms with Gasteiger partial charge in [-0.15, -0.1) is 0 Å². The van der Waals surface area contributed by atoms with E-state index in [0.29, 0.717) is 50.8 Å². The number of anilines is 1. The highest BCUT2D eigenvalue weighted by atomic mass is 19.3. The molecule has 0 saturated heterocycles. The number of aromatic amines is 1. The normalized spacial score (nSPS) is 11.4. The molecule has 8 nitrogen and oxygen atoms in total. The quantitative estimate of drug-likeness (QED) is 0.330. The SMILES string of the molecule is CC(=O)Nc1cc(-c2[nH]c3c(-c4c(C)noc4C)ccnc3c2-c2cccc(C(F)F)n2)ccn1. The zero-order valence-corrected chi connectivity index (χ0v) is 19.1. The first-order chi connectivity index (χ1) is 16.8. The van der Waals surface area contributed by atoms with Crippen LogP contribution in [0.2, 0.25) is 0 Å². The molecule has 0 aliphatic heterocycles. The second-order valence-corrected chi connectivity index (χ2v) is 8.02. The summed E-state index contributed by atoms with van der Waals surface area (Å²) in [4.78, 5) is 28.0. The molecule has 35 heavy (non-hydrogen) atoms. The molecule has 0 aliphatic carbocycles. The highest BCUT2D eigenvalue weighted by Crippen LogP contribution is 2.41. The number of aryl methyl sites for hydroxylation is 2. The van der Waals surface area contributed by atoms with Crippen molar-refractivity contribution in [3.63, 3.8) is 0 Å². The number of fused-ring (bicyclic) bond motifs is 1. The van der Waals surface area contributed by atoms with Crippen molar-refractivity contribution in [3.8, 4) is 33.6 Å². The fourth-order valence-electron chi connectivity index (χ4n) is 4.17. The monoisotopic (exact) mass is 474 g/mol. The Kier molecular flexibility index (Phi) is 5.56. The third kappa shape index (κ3) is 4.03. The lowest BCUT2D eigenvalue weighted by Gasteiger charge is -2.08. The number of halogens is 2. The zero-order valence-electron chi connectivity index (χ0n) is 19.1. The van der Waals surface area contributed by atoms with Crippen LogP contribution in [0.3, 0.4) is 0 Å². The van der Waals surface area contributed by atoms with Gasteiger partial charge >= 0.3 is 0 Å². The van der Waals surface area contributed by atoms with Gasteiger partial charge in [0.2, 0.25) is 5.91 Å². The van der Waals surface area contributed by atoms with Crippen LogP contribution in [0, 0.1) is 13.8 Å². The predicted molar refractivity (Wildman–Crippen MR) is 127 cm³/mol. The number of H-pyrrole nitrogens is 1. The van der Waals surface area contributed by atoms with Crippen molar-refractivity contribution in [2.45, 2.75) is 27.2 Å². The maximum atomic E-state index is 13.5. The first-order valence-electron chi connectivity index (χ1n) is 10.8. The average molecular weight is 474 g/mol. The molecule has 0 aromatic carbocycles. The van der Waals surface area contributed by atoms with Crippen LogP contribution in [0.5, 0.6) is 0 Å². The lowest BCUT2D eigenvalue weighted by atomic mass is 10.0. The van der Waals surface area contributed by atoms with E-state index in [-0.39, 0.29) is 11.6 Å². The van der Waals surface area contributed by atoms with Crippen molar-refractivity contribution in [1.29, 1.82) is 0 Å². The molecule has 0 unspecified atom stereocenters. The Morgan fingerprint density at radius 3 is 2.60 bits per heavy atom. The maximum absolute atomic E-state index is 13.5. The topological polar surface area (TPSA) is 110 Å². The molecule has 0 fully saturated rings. The van der Waals surface area contributed by atoms with Crippen LogP contribution in [-0.4, -0.2) is 31.0 Å². The minimum atomic E-state index is -2.72. The third-order valence-electron chi connectivity index (χ3n) is 5.59. The van der Waals surface area contributed by atoms with Gasteiger partial charge in [-0.3, -0.25) is 9.78 Å². The maximum Gasteiger partial charge on any atom is 0.280 e. The summed E-state index contributed by atoms with van der Waals surface area (Å²) in [5, 5.41) is 6.73. The van der Waals surface area contributed by atoms with Gasteiger partial charge in [0, 0.05) is 36.0 Å². The Labute approximate surface area is 198 Å². The molecule has 5 rings (SSSR count). The molecule has 1 amide bonds. The fourth-order valence-corrected chi connectivity index (χ4v) is 4.17. The van der Waals surface area contributed by atoms with Gasteiger partial charge in [-0.1, -0.05) is 11.2 Å². The van der Waals surface area contributed by atoms with E-state index in [1.54, 1.807) is 36.7 Å². The van der Waals surface area contributed by atoms with Crippen molar-refractivity contribution in [1.82, 2.24) is 25.1 Å². The summed E-state index contributed by atoms with van der Waals surface area (Å²) < 4.78 is 32.3. The molecule has 0 atom stereocenters. The Morgan fingerprint density at radius 1 is 1.09 bits per heavy atom. The van der Waals surface area contributed by atoms with E-state index in [2.05, 4.69) is 30.4 Å². The fraction of sp³-hybridized carbons (Fsp3) is 0.160. The summed E-state index contributed by atoms with van der Waals surface area (Å²) in [7, 11) is 0. The summed E-state index contributed by atoms with van der Waals surface area (Å²) in [6.07, 6.45) is 0.486. The molecule has 5 aromatic rings. The van der Waals surface area contributed by atoms with Crippen molar-refractivity contribution in [2.75, 3.05) is 5.32 Å². The molecule has 2 N–H and O–H groups in total. The number of alkyl halides is 2. The van der Waals surface area contributed by atoms with E-state index in [9.17, 15) is 13.6 Å². The summed E-state index contributed by atoms with van der Waals surface area (Å²) in [5.41, 5.74) is 5.38.